The van der Waals surface area contributed by atoms with E-state index in [0.717, 1.165) is 6.42 Å². The lowest BCUT2D eigenvalue weighted by molar-refractivity contribution is 0.255. The lowest BCUT2D eigenvalue weighted by Crippen LogP contribution is -2.29. The van der Waals surface area contributed by atoms with Gasteiger partial charge in [-0.2, -0.15) is 0 Å². The zero-order valence-corrected chi connectivity index (χ0v) is 9.80. The van der Waals surface area contributed by atoms with Crippen LogP contribution in [0.4, 0.5) is 0 Å². The van der Waals surface area contributed by atoms with Crippen molar-refractivity contribution >= 4 is 9.84 Å². The van der Waals surface area contributed by atoms with Crippen LogP contribution in [0.3, 0.4) is 0 Å². The topological polar surface area (TPSA) is 34.1 Å². The highest BCUT2D eigenvalue weighted by molar-refractivity contribution is 7.91. The molecular formula is C12H18O2S. The van der Waals surface area contributed by atoms with Crippen LogP contribution >= 0.6 is 0 Å². The van der Waals surface area contributed by atoms with Gasteiger partial charge in [0.15, 0.2) is 9.84 Å². The molecule has 2 fully saturated rings. The molecule has 3 unspecified atom stereocenters. The van der Waals surface area contributed by atoms with E-state index in [4.69, 9.17) is 0 Å². The molecule has 3 atom stereocenters. The average molecular weight is 226 g/mol. The smallest absolute Gasteiger partial charge is 0.150 e. The maximum atomic E-state index is 11.6. The van der Waals surface area contributed by atoms with Crippen LogP contribution < -0.4 is 0 Å². The molecule has 0 spiro atoms. The van der Waals surface area contributed by atoms with Crippen molar-refractivity contribution in [2.24, 2.45) is 17.8 Å². The number of allylic oxidation sites excluding steroid dienone is 2. The first-order valence-corrected chi connectivity index (χ1v) is 7.87. The number of sulfone groups is 1. The molecule has 0 amide bonds. The van der Waals surface area contributed by atoms with Crippen molar-refractivity contribution in [3.63, 3.8) is 0 Å². The molecule has 1 heterocycles. The van der Waals surface area contributed by atoms with E-state index in [9.17, 15) is 8.42 Å². The second-order valence-electron chi connectivity index (χ2n) is 5.37. The fourth-order valence-corrected chi connectivity index (χ4v) is 6.01. The molecule has 1 aliphatic heterocycles. The number of fused-ring (bicyclic) bond motifs is 3. The molecule has 0 aromatic heterocycles. The Morgan fingerprint density at radius 1 is 1.20 bits per heavy atom. The van der Waals surface area contributed by atoms with Gasteiger partial charge in [-0.25, -0.2) is 8.42 Å². The summed E-state index contributed by atoms with van der Waals surface area (Å²) in [5, 5.41) is 0. The third kappa shape index (κ3) is 1.65. The quantitative estimate of drug-likeness (QED) is 0.593. The fourth-order valence-electron chi connectivity index (χ4n) is 3.74. The molecule has 2 nitrogen and oxygen atoms in total. The van der Waals surface area contributed by atoms with Crippen LogP contribution in [-0.4, -0.2) is 19.9 Å². The van der Waals surface area contributed by atoms with Crippen molar-refractivity contribution in [2.45, 2.75) is 32.1 Å². The highest BCUT2D eigenvalue weighted by Crippen LogP contribution is 2.46. The maximum absolute atomic E-state index is 11.6. The van der Waals surface area contributed by atoms with Crippen LogP contribution in [0.25, 0.3) is 0 Å². The van der Waals surface area contributed by atoms with Crippen molar-refractivity contribution in [3.8, 4) is 0 Å². The highest BCUT2D eigenvalue weighted by atomic mass is 32.2. The molecule has 0 aromatic rings. The van der Waals surface area contributed by atoms with Gasteiger partial charge in [-0.05, 0) is 43.4 Å². The van der Waals surface area contributed by atoms with Gasteiger partial charge in [-0.15, -0.1) is 0 Å². The Morgan fingerprint density at radius 3 is 2.93 bits per heavy atom. The molecule has 3 heteroatoms. The minimum atomic E-state index is -2.71. The Kier molecular flexibility index (Phi) is 2.20. The van der Waals surface area contributed by atoms with Crippen LogP contribution in [0.2, 0.25) is 0 Å². The van der Waals surface area contributed by atoms with Crippen molar-refractivity contribution < 1.29 is 8.42 Å². The lowest BCUT2D eigenvalue weighted by atomic mass is 9.68. The molecule has 3 rings (SSSR count). The average Bonchev–Trinajstić information content (AvgIpc) is 2.52. The third-order valence-corrected chi connectivity index (χ3v) is 6.26. The summed E-state index contributed by atoms with van der Waals surface area (Å²) >= 11 is 0. The summed E-state index contributed by atoms with van der Waals surface area (Å²) in [5.74, 6) is 2.46. The van der Waals surface area contributed by atoms with E-state index < -0.39 is 9.84 Å². The van der Waals surface area contributed by atoms with Gasteiger partial charge < -0.3 is 0 Å². The van der Waals surface area contributed by atoms with E-state index >= 15 is 0 Å². The second-order valence-corrected chi connectivity index (χ2v) is 7.52. The number of hydrogen-bond donors (Lipinski definition) is 0. The van der Waals surface area contributed by atoms with Crippen LogP contribution in [-0.2, 0) is 9.84 Å². The van der Waals surface area contributed by atoms with E-state index in [1.54, 1.807) is 5.57 Å². The first-order chi connectivity index (χ1) is 7.16. The predicted octanol–water partition coefficient (Wildman–Crippen LogP) is 2.17. The molecule has 15 heavy (non-hydrogen) atoms. The Balaban J connectivity index is 1.90. The molecular weight excluding hydrogens is 208 g/mol. The summed E-state index contributed by atoms with van der Waals surface area (Å²) in [6.07, 6.45) is 8.45. The molecule has 1 saturated heterocycles. The van der Waals surface area contributed by atoms with Crippen LogP contribution in [0.5, 0.6) is 0 Å². The Labute approximate surface area is 91.7 Å². The van der Waals surface area contributed by atoms with Gasteiger partial charge in [0.2, 0.25) is 0 Å². The van der Waals surface area contributed by atoms with Gasteiger partial charge >= 0.3 is 0 Å². The van der Waals surface area contributed by atoms with Crippen LogP contribution in [0.15, 0.2) is 11.6 Å². The molecule has 0 aromatic carbocycles. The minimum absolute atomic E-state index is 0.446. The summed E-state index contributed by atoms with van der Waals surface area (Å²) in [6.45, 7) is 0. The SMILES string of the molecule is O=S1(=O)CC2CC=C3CCCCC3C2C1. The summed E-state index contributed by atoms with van der Waals surface area (Å²) in [7, 11) is -2.71. The molecule has 2 aliphatic carbocycles. The zero-order valence-electron chi connectivity index (χ0n) is 8.98. The summed E-state index contributed by atoms with van der Waals surface area (Å²) in [5.41, 5.74) is 1.58. The van der Waals surface area contributed by atoms with Crippen molar-refractivity contribution in [2.75, 3.05) is 11.5 Å². The zero-order chi connectivity index (χ0) is 10.5. The Morgan fingerprint density at radius 2 is 2.07 bits per heavy atom. The van der Waals surface area contributed by atoms with Crippen molar-refractivity contribution in [1.29, 1.82) is 0 Å². The molecule has 0 N–H and O–H groups in total. The van der Waals surface area contributed by atoms with Gasteiger partial charge in [0.1, 0.15) is 0 Å². The van der Waals surface area contributed by atoms with Crippen molar-refractivity contribution in [3.05, 3.63) is 11.6 Å². The molecule has 0 bridgehead atoms. The fraction of sp³-hybridized carbons (Fsp3) is 0.833. The van der Waals surface area contributed by atoms with Crippen molar-refractivity contribution in [1.82, 2.24) is 0 Å². The van der Waals surface area contributed by atoms with E-state index in [1.807, 2.05) is 0 Å². The first kappa shape index (κ1) is 9.88. The monoisotopic (exact) mass is 226 g/mol. The minimum Gasteiger partial charge on any atom is -0.229 e. The first-order valence-electron chi connectivity index (χ1n) is 6.05. The van der Waals surface area contributed by atoms with E-state index in [-0.39, 0.29) is 0 Å². The van der Waals surface area contributed by atoms with Gasteiger partial charge in [-0.1, -0.05) is 18.1 Å². The molecule has 3 aliphatic rings. The number of hydrogen-bond acceptors (Lipinski definition) is 2. The predicted molar refractivity (Wildman–Crippen MR) is 60.3 cm³/mol. The van der Waals surface area contributed by atoms with Gasteiger partial charge in [0, 0.05) is 0 Å². The lowest BCUT2D eigenvalue weighted by Gasteiger charge is -2.36. The standard InChI is InChI=1S/C12H18O2S/c13-15(14)7-10-6-5-9-3-1-2-4-11(9)12(10)8-15/h5,10-12H,1-4,6-8H2. The second kappa shape index (κ2) is 3.34. The summed E-state index contributed by atoms with van der Waals surface area (Å²) in [6, 6.07) is 0. The van der Waals surface area contributed by atoms with Crippen LogP contribution in [0.1, 0.15) is 32.1 Å². The van der Waals surface area contributed by atoms with E-state index in [1.165, 1.54) is 25.7 Å². The largest absolute Gasteiger partial charge is 0.229 e. The van der Waals surface area contributed by atoms with Gasteiger partial charge in [-0.3, -0.25) is 0 Å². The molecule has 1 saturated carbocycles. The van der Waals surface area contributed by atoms with E-state index in [0.29, 0.717) is 29.3 Å². The van der Waals surface area contributed by atoms with Gasteiger partial charge in [0.25, 0.3) is 0 Å². The Hall–Kier alpha value is -0.310. The van der Waals surface area contributed by atoms with Gasteiger partial charge in [0.05, 0.1) is 11.5 Å². The highest BCUT2D eigenvalue weighted by Gasteiger charge is 2.44. The molecule has 0 radical (unpaired) electrons. The maximum Gasteiger partial charge on any atom is 0.150 e. The normalized spacial score (nSPS) is 42.9. The Bertz CT molecular complexity index is 394. The summed E-state index contributed by atoms with van der Waals surface area (Å²) < 4.78 is 23.3. The summed E-state index contributed by atoms with van der Waals surface area (Å²) in [4.78, 5) is 0. The number of rotatable bonds is 0. The molecule has 84 valence electrons. The van der Waals surface area contributed by atoms with E-state index in [2.05, 4.69) is 6.08 Å². The van der Waals surface area contributed by atoms with Crippen LogP contribution in [0, 0.1) is 17.8 Å². The third-order valence-electron chi connectivity index (χ3n) is 4.43.